The topological polar surface area (TPSA) is 100 Å². The number of fused-ring (bicyclic) bond motifs is 1. The van der Waals surface area contributed by atoms with E-state index in [0.717, 1.165) is 22.6 Å². The monoisotopic (exact) mass is 473 g/mol. The number of amides is 1. The number of benzene rings is 1. The van der Waals surface area contributed by atoms with Gasteiger partial charge in [0.1, 0.15) is 11.9 Å². The second kappa shape index (κ2) is 9.88. The van der Waals surface area contributed by atoms with Crippen molar-refractivity contribution in [2.24, 2.45) is 0 Å². The van der Waals surface area contributed by atoms with Gasteiger partial charge in [0.2, 0.25) is 5.88 Å². The van der Waals surface area contributed by atoms with Crippen LogP contribution in [0.4, 0.5) is 10.2 Å². The van der Waals surface area contributed by atoms with Gasteiger partial charge in [-0.1, -0.05) is 18.2 Å². The second-order valence-electron chi connectivity index (χ2n) is 8.26. The summed E-state index contributed by atoms with van der Waals surface area (Å²) in [5, 5.41) is 8.30. The lowest BCUT2D eigenvalue weighted by molar-refractivity contribution is -0.135. The summed E-state index contributed by atoms with van der Waals surface area (Å²) in [7, 11) is 1.87. The molecule has 1 atom stereocenters. The summed E-state index contributed by atoms with van der Waals surface area (Å²) in [6.07, 6.45) is 4.04. The van der Waals surface area contributed by atoms with Crippen molar-refractivity contribution in [3.05, 3.63) is 95.6 Å². The standard InChI is InChI=1S/C25H24FN7O2/c1-32(14-17-5-7-18(26)8-6-17)21-9-10-22(31-30-21)35-15-23(34)33-13-11-19-24(29-16-28-19)25(33)20-4-2-3-12-27-20/h2-10,12,16,25H,11,13-15H2,1H3,(H,28,29)/t25-/m1/s1. The molecule has 10 heteroatoms. The number of carbonyl (C=O) groups excluding carboxylic acids is 1. The van der Waals surface area contributed by atoms with Crippen LogP contribution in [0.1, 0.15) is 28.7 Å². The fraction of sp³-hybridized carbons (Fsp3) is 0.240. The molecular formula is C25H24FN7O2. The van der Waals surface area contributed by atoms with Crippen LogP contribution in [0.5, 0.6) is 5.88 Å². The number of pyridine rings is 1. The maximum absolute atomic E-state index is 13.1. The molecule has 0 spiro atoms. The van der Waals surface area contributed by atoms with E-state index in [0.29, 0.717) is 25.3 Å². The quantitative estimate of drug-likeness (QED) is 0.441. The Bertz CT molecular complexity index is 1280. The summed E-state index contributed by atoms with van der Waals surface area (Å²) in [4.78, 5) is 28.8. The minimum atomic E-state index is -0.379. The molecule has 0 saturated carbocycles. The minimum absolute atomic E-state index is 0.178. The highest BCUT2D eigenvalue weighted by molar-refractivity contribution is 5.79. The number of hydrogen-bond acceptors (Lipinski definition) is 7. The highest BCUT2D eigenvalue weighted by Gasteiger charge is 2.35. The molecule has 5 rings (SSSR count). The van der Waals surface area contributed by atoms with Gasteiger partial charge in [0, 0.05) is 44.5 Å². The van der Waals surface area contributed by atoms with E-state index in [1.54, 1.807) is 41.7 Å². The number of nitrogens with zero attached hydrogens (tertiary/aromatic N) is 6. The number of ether oxygens (including phenoxy) is 1. The van der Waals surface area contributed by atoms with E-state index < -0.39 is 0 Å². The molecule has 0 radical (unpaired) electrons. The Hall–Kier alpha value is -4.34. The maximum atomic E-state index is 13.1. The molecule has 1 N–H and O–H groups in total. The Kier molecular flexibility index (Phi) is 6.34. The lowest BCUT2D eigenvalue weighted by Gasteiger charge is -2.34. The van der Waals surface area contributed by atoms with Gasteiger partial charge >= 0.3 is 0 Å². The van der Waals surface area contributed by atoms with E-state index in [1.807, 2.05) is 30.1 Å². The molecule has 0 saturated heterocycles. The zero-order valence-electron chi connectivity index (χ0n) is 19.1. The Morgan fingerprint density at radius 3 is 2.74 bits per heavy atom. The molecule has 1 amide bonds. The lowest BCUT2D eigenvalue weighted by Crippen LogP contribution is -2.43. The summed E-state index contributed by atoms with van der Waals surface area (Å²) in [6, 6.07) is 15.0. The van der Waals surface area contributed by atoms with Crippen LogP contribution in [0.15, 0.2) is 67.1 Å². The molecular weight excluding hydrogens is 449 g/mol. The predicted octanol–water partition coefficient (Wildman–Crippen LogP) is 2.92. The number of nitrogens with one attached hydrogen (secondary N) is 1. The van der Waals surface area contributed by atoms with Crippen molar-refractivity contribution < 1.29 is 13.9 Å². The molecule has 1 aromatic carbocycles. The number of H-pyrrole nitrogens is 1. The van der Waals surface area contributed by atoms with Gasteiger partial charge in [-0.3, -0.25) is 9.78 Å². The summed E-state index contributed by atoms with van der Waals surface area (Å²) < 4.78 is 18.8. The largest absolute Gasteiger partial charge is 0.466 e. The molecule has 1 aliphatic rings. The average molecular weight is 474 g/mol. The Morgan fingerprint density at radius 2 is 2.00 bits per heavy atom. The highest BCUT2D eigenvalue weighted by atomic mass is 19.1. The van der Waals surface area contributed by atoms with Crippen molar-refractivity contribution >= 4 is 11.7 Å². The van der Waals surface area contributed by atoms with Crippen LogP contribution in [-0.4, -0.2) is 56.2 Å². The third-order valence-corrected chi connectivity index (χ3v) is 5.91. The number of aromatic amines is 1. The molecule has 35 heavy (non-hydrogen) atoms. The van der Waals surface area contributed by atoms with Gasteiger partial charge in [0.15, 0.2) is 12.4 Å². The first-order chi connectivity index (χ1) is 17.1. The van der Waals surface area contributed by atoms with E-state index in [4.69, 9.17) is 4.74 Å². The van der Waals surface area contributed by atoms with Gasteiger partial charge in [-0.25, -0.2) is 9.37 Å². The van der Waals surface area contributed by atoms with Crippen molar-refractivity contribution in [2.45, 2.75) is 19.0 Å². The van der Waals surface area contributed by atoms with E-state index in [1.165, 1.54) is 12.1 Å². The van der Waals surface area contributed by atoms with Crippen molar-refractivity contribution in [2.75, 3.05) is 25.1 Å². The minimum Gasteiger partial charge on any atom is -0.466 e. The van der Waals surface area contributed by atoms with Gasteiger partial charge in [-0.05, 0) is 35.9 Å². The third kappa shape index (κ3) is 4.96. The Balaban J connectivity index is 1.23. The predicted molar refractivity (Wildman–Crippen MR) is 126 cm³/mol. The number of hydrogen-bond donors (Lipinski definition) is 1. The van der Waals surface area contributed by atoms with Crippen LogP contribution in [0.25, 0.3) is 0 Å². The molecule has 4 aromatic rings. The number of halogens is 1. The summed E-state index contributed by atoms with van der Waals surface area (Å²) in [6.45, 7) is 0.895. The normalized spacial score (nSPS) is 14.9. The molecule has 0 unspecified atom stereocenters. The molecule has 0 fully saturated rings. The van der Waals surface area contributed by atoms with Gasteiger partial charge in [-0.2, -0.15) is 0 Å². The Morgan fingerprint density at radius 1 is 1.14 bits per heavy atom. The fourth-order valence-electron chi connectivity index (χ4n) is 4.14. The van der Waals surface area contributed by atoms with Crippen molar-refractivity contribution in [3.8, 4) is 5.88 Å². The first-order valence-corrected chi connectivity index (χ1v) is 11.2. The van der Waals surface area contributed by atoms with Crippen LogP contribution < -0.4 is 9.64 Å². The molecule has 178 valence electrons. The van der Waals surface area contributed by atoms with Crippen molar-refractivity contribution in [3.63, 3.8) is 0 Å². The lowest BCUT2D eigenvalue weighted by atomic mass is 9.99. The molecule has 0 aliphatic carbocycles. The van der Waals surface area contributed by atoms with Gasteiger partial charge in [0.25, 0.3) is 5.91 Å². The first kappa shape index (κ1) is 22.5. The molecule has 4 heterocycles. The Labute approximate surface area is 201 Å². The van der Waals surface area contributed by atoms with E-state index in [2.05, 4.69) is 25.1 Å². The van der Waals surface area contributed by atoms with Crippen LogP contribution in [0.2, 0.25) is 0 Å². The summed E-state index contributed by atoms with van der Waals surface area (Å²) in [5.74, 6) is 0.427. The van der Waals surface area contributed by atoms with Crippen molar-refractivity contribution in [1.29, 1.82) is 0 Å². The smallest absolute Gasteiger partial charge is 0.261 e. The average Bonchev–Trinajstić information content (AvgIpc) is 3.38. The molecule has 9 nitrogen and oxygen atoms in total. The zero-order valence-corrected chi connectivity index (χ0v) is 19.1. The summed E-state index contributed by atoms with van der Waals surface area (Å²) in [5.41, 5.74) is 3.52. The molecule has 3 aromatic heterocycles. The van der Waals surface area contributed by atoms with Crippen LogP contribution in [0, 0.1) is 5.82 Å². The molecule has 0 bridgehead atoms. The number of anilines is 1. The van der Waals surface area contributed by atoms with Crippen LogP contribution in [0.3, 0.4) is 0 Å². The van der Waals surface area contributed by atoms with Crippen molar-refractivity contribution in [1.82, 2.24) is 30.0 Å². The maximum Gasteiger partial charge on any atom is 0.261 e. The van der Waals surface area contributed by atoms with E-state index in [9.17, 15) is 9.18 Å². The first-order valence-electron chi connectivity index (χ1n) is 11.2. The number of imidazole rings is 1. The van der Waals surface area contributed by atoms with Gasteiger partial charge < -0.3 is 19.5 Å². The molecule has 1 aliphatic heterocycles. The summed E-state index contributed by atoms with van der Waals surface area (Å²) >= 11 is 0. The number of aromatic nitrogens is 5. The van der Waals surface area contributed by atoms with Gasteiger partial charge in [-0.15, -0.1) is 10.2 Å². The zero-order chi connectivity index (χ0) is 24.2. The fourth-order valence-corrected chi connectivity index (χ4v) is 4.14. The highest BCUT2D eigenvalue weighted by Crippen LogP contribution is 2.32. The van der Waals surface area contributed by atoms with Gasteiger partial charge in [0.05, 0.1) is 17.7 Å². The van der Waals surface area contributed by atoms with Crippen LogP contribution >= 0.6 is 0 Å². The number of rotatable bonds is 7. The van der Waals surface area contributed by atoms with Crippen LogP contribution in [-0.2, 0) is 17.8 Å². The number of carbonyl (C=O) groups is 1. The van der Waals surface area contributed by atoms with E-state index >= 15 is 0 Å². The van der Waals surface area contributed by atoms with E-state index in [-0.39, 0.29) is 30.3 Å². The SMILES string of the molecule is CN(Cc1ccc(F)cc1)c1ccc(OCC(=O)N2CCc3[nH]cnc3[C@H]2c2ccccn2)nn1. The second-order valence-corrected chi connectivity index (χ2v) is 8.26. The third-order valence-electron chi connectivity index (χ3n) is 5.91.